The molecular formula is C27H41N3O4S. The summed E-state index contributed by atoms with van der Waals surface area (Å²) in [7, 11) is 0. The summed E-state index contributed by atoms with van der Waals surface area (Å²) in [5.41, 5.74) is -0.484. The molecule has 0 bridgehead atoms. The number of terminal acetylenes is 1. The van der Waals surface area contributed by atoms with Gasteiger partial charge in [-0.1, -0.05) is 37.5 Å². The highest BCUT2D eigenvalue weighted by Gasteiger charge is 2.42. The minimum atomic E-state index is -1.02. The molecule has 1 aromatic rings. The summed E-state index contributed by atoms with van der Waals surface area (Å²) in [6.45, 7) is 14.7. The lowest BCUT2D eigenvalue weighted by atomic mass is 9.92. The van der Waals surface area contributed by atoms with Crippen LogP contribution < -0.4 is 10.6 Å². The minimum absolute atomic E-state index is 0.0159. The predicted molar refractivity (Wildman–Crippen MR) is 143 cm³/mol. The average Bonchev–Trinajstić information content (AvgIpc) is 2.73. The number of carbonyl (C=O) groups is 3. The molecule has 3 unspecified atom stereocenters. The predicted octanol–water partition coefficient (Wildman–Crippen LogP) is 4.46. The molecule has 0 aliphatic carbocycles. The van der Waals surface area contributed by atoms with Crippen LogP contribution in [0.15, 0.2) is 24.3 Å². The number of nitrogens with zero attached hydrogens (tertiary/aromatic N) is 1. The summed E-state index contributed by atoms with van der Waals surface area (Å²) in [6, 6.07) is 4.94. The fraction of sp³-hybridized carbons (Fsp3) is 0.593. The molecule has 35 heavy (non-hydrogen) atoms. The van der Waals surface area contributed by atoms with Crippen LogP contribution in [0.2, 0.25) is 0 Å². The van der Waals surface area contributed by atoms with Gasteiger partial charge in [-0.15, -0.1) is 6.42 Å². The van der Waals surface area contributed by atoms with E-state index in [0.717, 1.165) is 12.8 Å². The lowest BCUT2D eigenvalue weighted by molar-refractivity contribution is -0.148. The van der Waals surface area contributed by atoms with Gasteiger partial charge in [0, 0.05) is 22.9 Å². The van der Waals surface area contributed by atoms with Gasteiger partial charge < -0.3 is 20.3 Å². The standard InChI is InChI=1S/C27H41N3O4S/c1-10-14-18(3)28-23(31)22(20-16-13-12-15-19(20)11-2)30(26(4,5)6)24(32)21(17-35)29-25(33)34-27(7,8)9/h2,12-13,15-16,18,21-22,35H,10,14,17H2,1,3-9H3,(H,28,31)(H,29,33). The molecule has 2 N–H and O–H groups in total. The lowest BCUT2D eigenvalue weighted by Crippen LogP contribution is -2.59. The van der Waals surface area contributed by atoms with E-state index in [4.69, 9.17) is 11.2 Å². The molecule has 0 saturated heterocycles. The fourth-order valence-corrected chi connectivity index (χ4v) is 3.99. The van der Waals surface area contributed by atoms with Crippen LogP contribution in [0.4, 0.5) is 4.79 Å². The summed E-state index contributed by atoms with van der Waals surface area (Å²) >= 11 is 4.31. The number of nitrogens with one attached hydrogen (secondary N) is 2. The Morgan fingerprint density at radius 2 is 1.71 bits per heavy atom. The first-order valence-corrected chi connectivity index (χ1v) is 12.6. The van der Waals surface area contributed by atoms with Crippen LogP contribution in [0.5, 0.6) is 0 Å². The maximum absolute atomic E-state index is 13.9. The van der Waals surface area contributed by atoms with E-state index in [-0.39, 0.29) is 17.7 Å². The molecular weight excluding hydrogens is 462 g/mol. The number of ether oxygens (including phenoxy) is 1. The third-order valence-corrected chi connectivity index (χ3v) is 5.52. The summed E-state index contributed by atoms with van der Waals surface area (Å²) in [6.07, 6.45) is 6.72. The third kappa shape index (κ3) is 9.14. The summed E-state index contributed by atoms with van der Waals surface area (Å²) in [5.74, 6) is 1.84. The molecule has 0 fully saturated rings. The SMILES string of the molecule is C#Cc1ccccc1C(C(=O)NC(C)CCC)N(C(=O)C(CS)NC(=O)OC(C)(C)C)C(C)(C)C. The van der Waals surface area contributed by atoms with Crippen LogP contribution in [0.1, 0.15) is 85.4 Å². The van der Waals surface area contributed by atoms with Crippen LogP contribution >= 0.6 is 12.6 Å². The second kappa shape index (κ2) is 12.9. The van der Waals surface area contributed by atoms with Gasteiger partial charge in [0.25, 0.3) is 0 Å². The van der Waals surface area contributed by atoms with Gasteiger partial charge in [0.1, 0.15) is 17.7 Å². The monoisotopic (exact) mass is 503 g/mol. The van der Waals surface area contributed by atoms with Crippen molar-refractivity contribution >= 4 is 30.5 Å². The molecule has 3 atom stereocenters. The Labute approximate surface area is 216 Å². The van der Waals surface area contributed by atoms with E-state index in [9.17, 15) is 14.4 Å². The Morgan fingerprint density at radius 3 is 2.20 bits per heavy atom. The molecule has 8 heteroatoms. The molecule has 0 spiro atoms. The molecule has 7 nitrogen and oxygen atoms in total. The van der Waals surface area contributed by atoms with Crippen molar-refractivity contribution < 1.29 is 19.1 Å². The Bertz CT molecular complexity index is 928. The van der Waals surface area contributed by atoms with Gasteiger partial charge in [-0.3, -0.25) is 9.59 Å². The first-order valence-electron chi connectivity index (χ1n) is 12.0. The number of hydrogen-bond acceptors (Lipinski definition) is 5. The van der Waals surface area contributed by atoms with E-state index in [1.165, 1.54) is 4.90 Å². The van der Waals surface area contributed by atoms with Gasteiger partial charge in [-0.05, 0) is 66.5 Å². The Hall–Kier alpha value is -2.66. The summed E-state index contributed by atoms with van der Waals surface area (Å²) in [5, 5.41) is 5.64. The molecule has 0 radical (unpaired) electrons. The van der Waals surface area contributed by atoms with Crippen molar-refractivity contribution in [1.82, 2.24) is 15.5 Å². The van der Waals surface area contributed by atoms with Crippen molar-refractivity contribution in [2.75, 3.05) is 5.75 Å². The van der Waals surface area contributed by atoms with Crippen molar-refractivity contribution in [2.24, 2.45) is 0 Å². The van der Waals surface area contributed by atoms with Crippen molar-refractivity contribution in [3.63, 3.8) is 0 Å². The van der Waals surface area contributed by atoms with E-state index in [1.54, 1.807) is 45.0 Å². The van der Waals surface area contributed by atoms with Crippen molar-refractivity contribution in [3.8, 4) is 12.3 Å². The van der Waals surface area contributed by atoms with Crippen LogP contribution in [0, 0.1) is 12.3 Å². The zero-order chi connectivity index (χ0) is 27.0. The number of hydrogen-bond donors (Lipinski definition) is 3. The van der Waals surface area contributed by atoms with E-state index >= 15 is 0 Å². The second-order valence-corrected chi connectivity index (χ2v) is 11.0. The molecule has 0 saturated carbocycles. The number of alkyl carbamates (subject to hydrolysis) is 1. The van der Waals surface area contributed by atoms with Gasteiger partial charge in [0.05, 0.1) is 0 Å². The normalized spacial score (nSPS) is 14.2. The highest BCUT2D eigenvalue weighted by molar-refractivity contribution is 7.80. The molecule has 0 aliphatic heterocycles. The molecule has 0 aliphatic rings. The Kier molecular flexibility index (Phi) is 11.2. The van der Waals surface area contributed by atoms with Crippen LogP contribution in [0.3, 0.4) is 0 Å². The van der Waals surface area contributed by atoms with Crippen LogP contribution in [-0.4, -0.2) is 51.8 Å². The molecule has 3 amide bonds. The van der Waals surface area contributed by atoms with Crippen LogP contribution in [-0.2, 0) is 14.3 Å². The molecule has 1 aromatic carbocycles. The smallest absolute Gasteiger partial charge is 0.408 e. The topological polar surface area (TPSA) is 87.7 Å². The zero-order valence-corrected chi connectivity index (χ0v) is 23.2. The third-order valence-electron chi connectivity index (χ3n) is 5.16. The first-order chi connectivity index (χ1) is 16.2. The van der Waals surface area contributed by atoms with E-state index in [2.05, 4.69) is 29.2 Å². The number of carbonyl (C=O) groups excluding carboxylic acids is 3. The fourth-order valence-electron chi connectivity index (χ4n) is 3.74. The number of rotatable bonds is 9. The number of thiol groups is 1. The Balaban J connectivity index is 3.56. The lowest BCUT2D eigenvalue weighted by Gasteiger charge is -2.43. The van der Waals surface area contributed by atoms with E-state index < -0.39 is 35.2 Å². The van der Waals surface area contributed by atoms with Crippen LogP contribution in [0.25, 0.3) is 0 Å². The second-order valence-electron chi connectivity index (χ2n) is 10.6. The van der Waals surface area contributed by atoms with Crippen molar-refractivity contribution in [2.45, 2.75) is 97.5 Å². The summed E-state index contributed by atoms with van der Waals surface area (Å²) < 4.78 is 5.33. The van der Waals surface area contributed by atoms with E-state index in [1.807, 2.05) is 34.6 Å². The van der Waals surface area contributed by atoms with Gasteiger partial charge in [-0.2, -0.15) is 12.6 Å². The maximum Gasteiger partial charge on any atom is 0.408 e. The molecule has 0 heterocycles. The van der Waals surface area contributed by atoms with Gasteiger partial charge >= 0.3 is 6.09 Å². The van der Waals surface area contributed by atoms with Gasteiger partial charge in [0.15, 0.2) is 0 Å². The van der Waals surface area contributed by atoms with E-state index in [0.29, 0.717) is 11.1 Å². The Morgan fingerprint density at radius 1 is 1.11 bits per heavy atom. The molecule has 1 rings (SSSR count). The molecule has 0 aromatic heterocycles. The summed E-state index contributed by atoms with van der Waals surface area (Å²) in [4.78, 5) is 41.6. The minimum Gasteiger partial charge on any atom is -0.444 e. The quantitative estimate of drug-likeness (QED) is 0.343. The number of benzene rings is 1. The highest BCUT2D eigenvalue weighted by atomic mass is 32.1. The maximum atomic E-state index is 13.9. The average molecular weight is 504 g/mol. The van der Waals surface area contributed by atoms with Gasteiger partial charge in [-0.25, -0.2) is 4.79 Å². The van der Waals surface area contributed by atoms with Gasteiger partial charge in [0.2, 0.25) is 11.8 Å². The van der Waals surface area contributed by atoms with Crippen molar-refractivity contribution in [1.29, 1.82) is 0 Å². The zero-order valence-electron chi connectivity index (χ0n) is 22.3. The molecule has 194 valence electrons. The first kappa shape index (κ1) is 30.4. The largest absolute Gasteiger partial charge is 0.444 e. The highest BCUT2D eigenvalue weighted by Crippen LogP contribution is 2.32. The number of amides is 3. The van der Waals surface area contributed by atoms with Crippen molar-refractivity contribution in [3.05, 3.63) is 35.4 Å².